The lowest BCUT2D eigenvalue weighted by Crippen LogP contribution is -2.46. The fourth-order valence-corrected chi connectivity index (χ4v) is 4.52. The van der Waals surface area contributed by atoms with Crippen molar-refractivity contribution in [2.45, 2.75) is 44.8 Å². The van der Waals surface area contributed by atoms with Gasteiger partial charge in [0.2, 0.25) is 0 Å². The van der Waals surface area contributed by atoms with Crippen LogP contribution < -0.4 is 0 Å². The number of amides is 1. The fourth-order valence-electron chi connectivity index (χ4n) is 4.52. The van der Waals surface area contributed by atoms with E-state index in [2.05, 4.69) is 12.1 Å². The number of β-amino-alcohol motifs (C(OH)–C–C–N with tert-alkyl or cyclic N) is 1. The molecule has 158 valence electrons. The molecule has 0 spiro atoms. The van der Waals surface area contributed by atoms with Gasteiger partial charge >= 0.3 is 12.1 Å². The van der Waals surface area contributed by atoms with E-state index in [-0.39, 0.29) is 25.5 Å². The van der Waals surface area contributed by atoms with E-state index in [1.165, 1.54) is 0 Å². The van der Waals surface area contributed by atoms with Gasteiger partial charge in [0.25, 0.3) is 0 Å². The maximum absolute atomic E-state index is 12.9. The van der Waals surface area contributed by atoms with Crippen molar-refractivity contribution in [2.24, 2.45) is 5.41 Å². The molecule has 0 aromatic heterocycles. The van der Waals surface area contributed by atoms with E-state index < -0.39 is 29.1 Å². The Morgan fingerprint density at radius 2 is 1.60 bits per heavy atom. The van der Waals surface area contributed by atoms with Crippen LogP contribution in [0.2, 0.25) is 0 Å². The van der Waals surface area contributed by atoms with Crippen molar-refractivity contribution in [3.8, 4) is 11.1 Å². The average Bonchev–Trinajstić information content (AvgIpc) is 3.23. The second-order valence-electron chi connectivity index (χ2n) is 9.27. The van der Waals surface area contributed by atoms with Crippen LogP contribution in [-0.2, 0) is 9.53 Å². The lowest BCUT2D eigenvalue weighted by molar-refractivity contribution is -0.142. The van der Waals surface area contributed by atoms with Crippen molar-refractivity contribution in [3.63, 3.8) is 0 Å². The van der Waals surface area contributed by atoms with Gasteiger partial charge in [0.15, 0.2) is 0 Å². The number of nitrogens with zero attached hydrogens (tertiary/aromatic N) is 1. The summed E-state index contributed by atoms with van der Waals surface area (Å²) in [5.74, 6) is -1.24. The van der Waals surface area contributed by atoms with Gasteiger partial charge in [-0.1, -0.05) is 69.3 Å². The molecule has 2 N–H and O–H groups in total. The monoisotopic (exact) mass is 409 g/mol. The lowest BCUT2D eigenvalue weighted by Gasteiger charge is -2.36. The zero-order chi connectivity index (χ0) is 21.7. The first-order valence-electron chi connectivity index (χ1n) is 10.2. The maximum Gasteiger partial charge on any atom is 0.410 e. The van der Waals surface area contributed by atoms with E-state index in [4.69, 9.17) is 4.74 Å². The maximum atomic E-state index is 12.9. The van der Waals surface area contributed by atoms with Gasteiger partial charge in [-0.05, 0) is 27.7 Å². The molecule has 1 heterocycles. The summed E-state index contributed by atoms with van der Waals surface area (Å²) in [6.07, 6.45) is -0.722. The number of hydrogen-bond donors (Lipinski definition) is 2. The third kappa shape index (κ3) is 3.25. The molecule has 0 saturated carbocycles. The third-order valence-electron chi connectivity index (χ3n) is 6.59. The van der Waals surface area contributed by atoms with Gasteiger partial charge in [0, 0.05) is 12.3 Å². The molecule has 1 aliphatic carbocycles. The number of ether oxygens (including phenoxy) is 1. The Morgan fingerprint density at radius 3 is 2.10 bits per heavy atom. The van der Waals surface area contributed by atoms with E-state index >= 15 is 0 Å². The highest BCUT2D eigenvalue weighted by atomic mass is 16.6. The van der Waals surface area contributed by atoms with Crippen molar-refractivity contribution in [1.29, 1.82) is 0 Å². The predicted molar refractivity (Wildman–Crippen MR) is 112 cm³/mol. The van der Waals surface area contributed by atoms with Gasteiger partial charge in [-0.15, -0.1) is 0 Å². The van der Waals surface area contributed by atoms with Crippen LogP contribution in [0, 0.1) is 5.41 Å². The Kier molecular flexibility index (Phi) is 4.85. The highest BCUT2D eigenvalue weighted by Crippen LogP contribution is 2.45. The number of carbonyl (C=O) groups excluding carboxylic acids is 1. The highest BCUT2D eigenvalue weighted by Gasteiger charge is 2.54. The number of hydrogen-bond acceptors (Lipinski definition) is 4. The highest BCUT2D eigenvalue weighted by molar-refractivity contribution is 5.82. The van der Waals surface area contributed by atoms with E-state index in [0.29, 0.717) is 0 Å². The van der Waals surface area contributed by atoms with E-state index in [1.807, 2.05) is 57.2 Å². The Balaban J connectivity index is 1.54. The Morgan fingerprint density at radius 1 is 1.07 bits per heavy atom. The molecule has 0 radical (unpaired) electrons. The zero-order valence-electron chi connectivity index (χ0n) is 17.5. The summed E-state index contributed by atoms with van der Waals surface area (Å²) in [7, 11) is 0. The molecule has 2 aromatic rings. The van der Waals surface area contributed by atoms with Crippen LogP contribution in [0.25, 0.3) is 11.1 Å². The minimum absolute atomic E-state index is 0.0178. The largest absolute Gasteiger partial charge is 0.480 e. The zero-order valence-corrected chi connectivity index (χ0v) is 17.5. The Bertz CT molecular complexity index is 950. The molecule has 2 atom stereocenters. The number of aliphatic carboxylic acids is 1. The van der Waals surface area contributed by atoms with Gasteiger partial charge in [-0.25, -0.2) is 9.59 Å². The van der Waals surface area contributed by atoms with Gasteiger partial charge in [0.1, 0.15) is 12.6 Å². The normalized spacial score (nSPS) is 23.2. The predicted octanol–water partition coefficient (Wildman–Crippen LogP) is 3.87. The average molecular weight is 409 g/mol. The van der Waals surface area contributed by atoms with Gasteiger partial charge in [0.05, 0.1) is 12.1 Å². The first-order valence-corrected chi connectivity index (χ1v) is 10.2. The molecular weight excluding hydrogens is 382 g/mol. The Hall–Kier alpha value is -2.86. The second kappa shape index (κ2) is 7.13. The third-order valence-corrected chi connectivity index (χ3v) is 6.59. The minimum atomic E-state index is -1.29. The molecule has 0 unspecified atom stereocenters. The number of carboxylic acid groups (broad SMARTS) is 1. The molecule has 4 rings (SSSR count). The summed E-state index contributed by atoms with van der Waals surface area (Å²) in [6.45, 7) is 5.57. The van der Waals surface area contributed by atoms with Crippen LogP contribution >= 0.6 is 0 Å². The fraction of sp³-hybridized carbons (Fsp3) is 0.417. The summed E-state index contributed by atoms with van der Waals surface area (Å²) >= 11 is 0. The number of carboxylic acids is 1. The van der Waals surface area contributed by atoms with Crippen molar-refractivity contribution in [3.05, 3.63) is 59.7 Å². The minimum Gasteiger partial charge on any atom is -0.480 e. The van der Waals surface area contributed by atoms with Crippen molar-refractivity contribution in [2.75, 3.05) is 13.2 Å². The van der Waals surface area contributed by atoms with E-state index in [0.717, 1.165) is 27.2 Å². The van der Waals surface area contributed by atoms with Crippen molar-refractivity contribution >= 4 is 12.1 Å². The summed E-state index contributed by atoms with van der Waals surface area (Å²) in [5, 5.41) is 20.6. The number of benzene rings is 2. The second-order valence-corrected chi connectivity index (χ2v) is 9.27. The van der Waals surface area contributed by atoms with Crippen LogP contribution in [-0.4, -0.2) is 52.0 Å². The molecule has 30 heavy (non-hydrogen) atoms. The molecule has 2 aromatic carbocycles. The van der Waals surface area contributed by atoms with Crippen molar-refractivity contribution < 1.29 is 24.5 Å². The first-order chi connectivity index (χ1) is 14.1. The van der Waals surface area contributed by atoms with Gasteiger partial charge < -0.3 is 14.9 Å². The van der Waals surface area contributed by atoms with Crippen LogP contribution in [0.15, 0.2) is 48.5 Å². The first kappa shape index (κ1) is 20.4. The molecule has 1 aliphatic heterocycles. The molecule has 6 heteroatoms. The van der Waals surface area contributed by atoms with Crippen LogP contribution in [0.4, 0.5) is 4.79 Å². The molecule has 1 fully saturated rings. The molecule has 1 amide bonds. The topological polar surface area (TPSA) is 87.1 Å². The standard InChI is InChI=1S/C24H27NO5/c1-23(2,3)24(29)12-20(21(26)27)25(14-24)22(28)30-13-19-17-10-6-4-8-15(17)16-9-5-7-11-18(16)19/h4-11,19-20,29H,12-14H2,1-3H3,(H,26,27)/t20-,24+/m0/s1. The quantitative estimate of drug-likeness (QED) is 0.804. The number of carbonyl (C=O) groups is 2. The number of aliphatic hydroxyl groups is 1. The number of fused-ring (bicyclic) bond motifs is 3. The smallest absolute Gasteiger partial charge is 0.410 e. The molecule has 6 nitrogen and oxygen atoms in total. The van der Waals surface area contributed by atoms with Crippen LogP contribution in [0.3, 0.4) is 0 Å². The molecular formula is C24H27NO5. The van der Waals surface area contributed by atoms with Crippen LogP contribution in [0.1, 0.15) is 44.2 Å². The Labute approximate surface area is 176 Å². The molecule has 0 bridgehead atoms. The summed E-state index contributed by atoms with van der Waals surface area (Å²) < 4.78 is 5.62. The van der Waals surface area contributed by atoms with E-state index in [1.54, 1.807) is 0 Å². The van der Waals surface area contributed by atoms with E-state index in [9.17, 15) is 19.8 Å². The number of rotatable bonds is 3. The SMILES string of the molecule is CC(C)(C)[C@@]1(O)C[C@@H](C(=O)O)N(C(=O)OCC2c3ccccc3-c3ccccc32)C1. The molecule has 2 aliphatic rings. The summed E-state index contributed by atoms with van der Waals surface area (Å²) in [4.78, 5) is 25.8. The van der Waals surface area contributed by atoms with Crippen molar-refractivity contribution in [1.82, 2.24) is 4.90 Å². The van der Waals surface area contributed by atoms with Gasteiger partial charge in [-0.3, -0.25) is 4.90 Å². The summed E-state index contributed by atoms with van der Waals surface area (Å²) in [6, 6.07) is 15.0. The lowest BCUT2D eigenvalue weighted by atomic mass is 9.75. The number of likely N-dealkylation sites (tertiary alicyclic amines) is 1. The molecule has 1 saturated heterocycles. The summed E-state index contributed by atoms with van der Waals surface area (Å²) in [5.41, 5.74) is 2.57. The van der Waals surface area contributed by atoms with Gasteiger partial charge in [-0.2, -0.15) is 0 Å². The van der Waals surface area contributed by atoms with Crippen LogP contribution in [0.5, 0.6) is 0 Å².